The molecule has 0 aliphatic rings. The summed E-state index contributed by atoms with van der Waals surface area (Å²) in [7, 11) is 3.52. The minimum atomic E-state index is -0.417. The summed E-state index contributed by atoms with van der Waals surface area (Å²) in [5.74, 6) is 1.59. The SMILES string of the molecule is CCC(O)COc1ccc(OC)cc1CNC. The maximum atomic E-state index is 9.48. The Morgan fingerprint density at radius 1 is 1.41 bits per heavy atom. The third kappa shape index (κ3) is 4.24. The van der Waals surface area contributed by atoms with E-state index >= 15 is 0 Å². The topological polar surface area (TPSA) is 50.7 Å². The number of ether oxygens (including phenoxy) is 2. The van der Waals surface area contributed by atoms with E-state index in [9.17, 15) is 5.11 Å². The van der Waals surface area contributed by atoms with Gasteiger partial charge in [0.2, 0.25) is 0 Å². The number of aliphatic hydroxyl groups is 1. The van der Waals surface area contributed by atoms with E-state index in [1.54, 1.807) is 7.11 Å². The van der Waals surface area contributed by atoms with Crippen LogP contribution in [0.3, 0.4) is 0 Å². The van der Waals surface area contributed by atoms with Crippen LogP contribution < -0.4 is 14.8 Å². The molecule has 4 heteroatoms. The van der Waals surface area contributed by atoms with Gasteiger partial charge in [0.25, 0.3) is 0 Å². The molecule has 0 bridgehead atoms. The van der Waals surface area contributed by atoms with Crippen LogP contribution >= 0.6 is 0 Å². The first-order valence-corrected chi connectivity index (χ1v) is 5.83. The average molecular weight is 239 g/mol. The first-order valence-electron chi connectivity index (χ1n) is 5.83. The predicted molar refractivity (Wildman–Crippen MR) is 67.6 cm³/mol. The first-order chi connectivity index (χ1) is 8.21. The molecule has 0 fully saturated rings. The van der Waals surface area contributed by atoms with Crippen molar-refractivity contribution in [3.63, 3.8) is 0 Å². The second-order valence-electron chi connectivity index (χ2n) is 3.88. The maximum Gasteiger partial charge on any atom is 0.124 e. The predicted octanol–water partition coefficient (Wildman–Crippen LogP) is 1.56. The fourth-order valence-corrected chi connectivity index (χ4v) is 1.46. The number of hydrogen-bond acceptors (Lipinski definition) is 4. The van der Waals surface area contributed by atoms with Crippen LogP contribution in [-0.2, 0) is 6.54 Å². The summed E-state index contributed by atoms with van der Waals surface area (Å²) in [5, 5.41) is 12.6. The molecule has 0 aromatic heterocycles. The van der Waals surface area contributed by atoms with Crippen molar-refractivity contribution in [2.24, 2.45) is 0 Å². The van der Waals surface area contributed by atoms with Crippen LogP contribution in [0.2, 0.25) is 0 Å². The third-order valence-corrected chi connectivity index (χ3v) is 2.54. The molecular formula is C13H21NO3. The highest BCUT2D eigenvalue weighted by molar-refractivity contribution is 5.40. The van der Waals surface area contributed by atoms with E-state index in [0.717, 1.165) is 17.1 Å². The van der Waals surface area contributed by atoms with Crippen LogP contribution in [0.4, 0.5) is 0 Å². The van der Waals surface area contributed by atoms with Crippen LogP contribution in [0, 0.1) is 0 Å². The summed E-state index contributed by atoms with van der Waals surface area (Å²) >= 11 is 0. The number of methoxy groups -OCH3 is 1. The molecule has 0 spiro atoms. The minimum Gasteiger partial charge on any atom is -0.497 e. The van der Waals surface area contributed by atoms with Crippen molar-refractivity contribution in [2.45, 2.75) is 26.0 Å². The summed E-state index contributed by atoms with van der Waals surface area (Å²) in [5.41, 5.74) is 1.02. The highest BCUT2D eigenvalue weighted by atomic mass is 16.5. The maximum absolute atomic E-state index is 9.48. The van der Waals surface area contributed by atoms with Gasteiger partial charge in [-0.25, -0.2) is 0 Å². The van der Waals surface area contributed by atoms with Gasteiger partial charge in [0, 0.05) is 12.1 Å². The molecule has 2 N–H and O–H groups in total. The Morgan fingerprint density at radius 2 is 2.18 bits per heavy atom. The van der Waals surface area contributed by atoms with Crippen LogP contribution in [0.25, 0.3) is 0 Å². The van der Waals surface area contributed by atoms with Crippen molar-refractivity contribution in [2.75, 3.05) is 20.8 Å². The monoisotopic (exact) mass is 239 g/mol. The van der Waals surface area contributed by atoms with E-state index in [1.165, 1.54) is 0 Å². The molecule has 1 rings (SSSR count). The zero-order chi connectivity index (χ0) is 12.7. The van der Waals surface area contributed by atoms with Crippen molar-refractivity contribution < 1.29 is 14.6 Å². The van der Waals surface area contributed by atoms with E-state index in [4.69, 9.17) is 9.47 Å². The second-order valence-corrected chi connectivity index (χ2v) is 3.88. The molecule has 0 radical (unpaired) electrons. The quantitative estimate of drug-likeness (QED) is 0.758. The Bertz CT molecular complexity index is 341. The number of aliphatic hydroxyl groups excluding tert-OH is 1. The zero-order valence-corrected chi connectivity index (χ0v) is 10.7. The molecule has 0 saturated heterocycles. The van der Waals surface area contributed by atoms with Gasteiger partial charge in [0.05, 0.1) is 13.2 Å². The molecule has 1 unspecified atom stereocenters. The molecule has 1 aromatic rings. The lowest BCUT2D eigenvalue weighted by Gasteiger charge is -2.14. The smallest absolute Gasteiger partial charge is 0.124 e. The van der Waals surface area contributed by atoms with Crippen molar-refractivity contribution in [3.8, 4) is 11.5 Å². The summed E-state index contributed by atoms with van der Waals surface area (Å²) < 4.78 is 10.8. The van der Waals surface area contributed by atoms with Gasteiger partial charge in [0.15, 0.2) is 0 Å². The molecule has 17 heavy (non-hydrogen) atoms. The number of nitrogens with one attached hydrogen (secondary N) is 1. The zero-order valence-electron chi connectivity index (χ0n) is 10.7. The molecule has 96 valence electrons. The Kier molecular flexibility index (Phi) is 5.80. The van der Waals surface area contributed by atoms with Gasteiger partial charge in [-0.3, -0.25) is 0 Å². The standard InChI is InChI=1S/C13H21NO3/c1-4-11(15)9-17-13-6-5-12(16-3)7-10(13)8-14-2/h5-7,11,14-15H,4,8-9H2,1-3H3. The average Bonchev–Trinajstić information content (AvgIpc) is 2.37. The molecular weight excluding hydrogens is 218 g/mol. The van der Waals surface area contributed by atoms with Crippen molar-refractivity contribution in [1.29, 1.82) is 0 Å². The Hall–Kier alpha value is -1.26. The lowest BCUT2D eigenvalue weighted by atomic mass is 10.2. The van der Waals surface area contributed by atoms with E-state index < -0.39 is 6.10 Å². The van der Waals surface area contributed by atoms with E-state index in [2.05, 4.69) is 5.32 Å². The van der Waals surface area contributed by atoms with Gasteiger partial charge >= 0.3 is 0 Å². The summed E-state index contributed by atoms with van der Waals surface area (Å²) in [6.07, 6.45) is 0.275. The van der Waals surface area contributed by atoms with Gasteiger partial charge in [-0.05, 0) is 31.7 Å². The Balaban J connectivity index is 2.75. The van der Waals surface area contributed by atoms with Gasteiger partial charge in [-0.15, -0.1) is 0 Å². The molecule has 0 heterocycles. The number of hydrogen-bond donors (Lipinski definition) is 2. The van der Waals surface area contributed by atoms with Crippen LogP contribution in [0.1, 0.15) is 18.9 Å². The molecule has 1 aromatic carbocycles. The molecule has 0 saturated carbocycles. The highest BCUT2D eigenvalue weighted by Gasteiger charge is 2.07. The van der Waals surface area contributed by atoms with Crippen LogP contribution in [-0.4, -0.2) is 32.0 Å². The van der Waals surface area contributed by atoms with Gasteiger partial charge in [-0.2, -0.15) is 0 Å². The largest absolute Gasteiger partial charge is 0.497 e. The third-order valence-electron chi connectivity index (χ3n) is 2.54. The lowest BCUT2D eigenvalue weighted by molar-refractivity contribution is 0.104. The van der Waals surface area contributed by atoms with Crippen molar-refractivity contribution in [3.05, 3.63) is 23.8 Å². The fourth-order valence-electron chi connectivity index (χ4n) is 1.46. The lowest BCUT2D eigenvalue weighted by Crippen LogP contribution is -2.17. The van der Waals surface area contributed by atoms with E-state index in [-0.39, 0.29) is 0 Å². The highest BCUT2D eigenvalue weighted by Crippen LogP contribution is 2.24. The van der Waals surface area contributed by atoms with Crippen LogP contribution in [0.5, 0.6) is 11.5 Å². The van der Waals surface area contributed by atoms with Crippen molar-refractivity contribution >= 4 is 0 Å². The molecule has 0 aliphatic carbocycles. The minimum absolute atomic E-state index is 0.319. The molecule has 0 amide bonds. The summed E-state index contributed by atoms with van der Waals surface area (Å²) in [6.45, 7) is 2.95. The first kappa shape index (κ1) is 13.8. The van der Waals surface area contributed by atoms with Gasteiger partial charge < -0.3 is 19.9 Å². The number of rotatable bonds is 7. The summed E-state index contributed by atoms with van der Waals surface area (Å²) in [4.78, 5) is 0. The van der Waals surface area contributed by atoms with Crippen LogP contribution in [0.15, 0.2) is 18.2 Å². The Labute approximate surface area is 103 Å². The fraction of sp³-hybridized carbons (Fsp3) is 0.538. The molecule has 1 atom stereocenters. The van der Waals surface area contributed by atoms with Gasteiger partial charge in [-0.1, -0.05) is 6.92 Å². The van der Waals surface area contributed by atoms with Crippen molar-refractivity contribution in [1.82, 2.24) is 5.32 Å². The van der Waals surface area contributed by atoms with Gasteiger partial charge in [0.1, 0.15) is 18.1 Å². The Morgan fingerprint density at radius 3 is 2.76 bits per heavy atom. The molecule has 0 aliphatic heterocycles. The van der Waals surface area contributed by atoms with E-state index in [1.807, 2.05) is 32.2 Å². The second kappa shape index (κ2) is 7.14. The van der Waals surface area contributed by atoms with E-state index in [0.29, 0.717) is 19.6 Å². The normalized spacial score (nSPS) is 12.2. The summed E-state index contributed by atoms with van der Waals surface area (Å²) in [6, 6.07) is 5.66. The molecule has 4 nitrogen and oxygen atoms in total. The number of benzene rings is 1.